The number of rotatable bonds is 5. The summed E-state index contributed by atoms with van der Waals surface area (Å²) in [6.07, 6.45) is 0.928. The van der Waals surface area contributed by atoms with E-state index >= 15 is 0 Å². The first-order valence-corrected chi connectivity index (χ1v) is 10.7. The SMILES string of the molecule is Cc1nn(C)c(Cl)c1CN1CCCN(C(=O)COc2cccc3ccccc23)CC1. The Hall–Kier alpha value is -2.57. The maximum atomic E-state index is 12.8. The van der Waals surface area contributed by atoms with E-state index < -0.39 is 0 Å². The molecule has 0 aliphatic carbocycles. The molecule has 0 saturated carbocycles. The minimum atomic E-state index is 0.0281. The zero-order chi connectivity index (χ0) is 21.1. The van der Waals surface area contributed by atoms with Crippen LogP contribution in [0.1, 0.15) is 17.7 Å². The number of fused-ring (bicyclic) bond motifs is 1. The quantitative estimate of drug-likeness (QED) is 0.625. The van der Waals surface area contributed by atoms with E-state index in [0.717, 1.165) is 60.4 Å². The third-order valence-corrected chi connectivity index (χ3v) is 6.17. The number of amides is 1. The molecular weight excluding hydrogens is 400 g/mol. The standard InChI is InChI=1S/C23H27ClN4O2/c1-17-20(23(24)26(2)25-17)15-27-11-6-12-28(14-13-27)22(29)16-30-21-10-5-8-18-7-3-4-9-19(18)21/h3-5,7-10H,6,11-16H2,1-2H3. The van der Waals surface area contributed by atoms with Crippen LogP contribution in [-0.4, -0.2) is 58.3 Å². The lowest BCUT2D eigenvalue weighted by Gasteiger charge is -2.22. The highest BCUT2D eigenvalue weighted by molar-refractivity contribution is 6.30. The van der Waals surface area contributed by atoms with Crippen LogP contribution in [0.2, 0.25) is 5.15 Å². The second-order valence-corrected chi connectivity index (χ2v) is 8.11. The largest absolute Gasteiger partial charge is 0.483 e. The highest BCUT2D eigenvalue weighted by atomic mass is 35.5. The van der Waals surface area contributed by atoms with Crippen molar-refractivity contribution in [3.05, 3.63) is 58.9 Å². The predicted molar refractivity (Wildman–Crippen MR) is 119 cm³/mol. The summed E-state index contributed by atoms with van der Waals surface area (Å²) in [6, 6.07) is 14.0. The third kappa shape index (κ3) is 4.45. The Bertz CT molecular complexity index is 1040. The summed E-state index contributed by atoms with van der Waals surface area (Å²) in [4.78, 5) is 17.0. The highest BCUT2D eigenvalue weighted by Gasteiger charge is 2.22. The van der Waals surface area contributed by atoms with Gasteiger partial charge in [0, 0.05) is 50.7 Å². The summed E-state index contributed by atoms with van der Waals surface area (Å²) < 4.78 is 7.61. The zero-order valence-corrected chi connectivity index (χ0v) is 18.2. The van der Waals surface area contributed by atoms with Gasteiger partial charge in [-0.3, -0.25) is 14.4 Å². The predicted octanol–water partition coefficient (Wildman–Crippen LogP) is 3.65. The molecule has 6 nitrogen and oxygen atoms in total. The normalized spacial score (nSPS) is 15.4. The second-order valence-electron chi connectivity index (χ2n) is 7.75. The molecule has 0 N–H and O–H groups in total. The van der Waals surface area contributed by atoms with Gasteiger partial charge in [0.05, 0.1) is 5.69 Å². The van der Waals surface area contributed by atoms with Crippen molar-refractivity contribution in [2.45, 2.75) is 19.9 Å². The monoisotopic (exact) mass is 426 g/mol. The molecule has 30 heavy (non-hydrogen) atoms. The van der Waals surface area contributed by atoms with E-state index in [4.69, 9.17) is 16.3 Å². The molecule has 1 fully saturated rings. The molecule has 4 rings (SSSR count). The fraction of sp³-hybridized carbons (Fsp3) is 0.391. The van der Waals surface area contributed by atoms with E-state index in [0.29, 0.717) is 11.7 Å². The molecule has 0 bridgehead atoms. The van der Waals surface area contributed by atoms with Gasteiger partial charge in [0.15, 0.2) is 6.61 Å². The molecule has 3 aromatic rings. The van der Waals surface area contributed by atoms with E-state index in [-0.39, 0.29) is 12.5 Å². The molecule has 1 aromatic heterocycles. The molecule has 0 spiro atoms. The molecular formula is C23H27ClN4O2. The van der Waals surface area contributed by atoms with Gasteiger partial charge < -0.3 is 9.64 Å². The first kappa shape index (κ1) is 20.7. The smallest absolute Gasteiger partial charge is 0.260 e. The van der Waals surface area contributed by atoms with E-state index in [1.54, 1.807) is 4.68 Å². The van der Waals surface area contributed by atoms with Crippen molar-refractivity contribution in [3.63, 3.8) is 0 Å². The van der Waals surface area contributed by atoms with Crippen molar-refractivity contribution in [2.75, 3.05) is 32.8 Å². The number of nitrogens with zero attached hydrogens (tertiary/aromatic N) is 4. The van der Waals surface area contributed by atoms with Gasteiger partial charge in [-0.15, -0.1) is 0 Å². The van der Waals surface area contributed by atoms with Crippen molar-refractivity contribution in [2.24, 2.45) is 7.05 Å². The fourth-order valence-corrected chi connectivity index (χ4v) is 4.24. The zero-order valence-electron chi connectivity index (χ0n) is 17.5. The van der Waals surface area contributed by atoms with Gasteiger partial charge in [0.25, 0.3) is 5.91 Å². The Kier molecular flexibility index (Phi) is 6.25. The van der Waals surface area contributed by atoms with Gasteiger partial charge in [-0.2, -0.15) is 5.10 Å². The number of carbonyl (C=O) groups excluding carboxylic acids is 1. The summed E-state index contributed by atoms with van der Waals surface area (Å²) in [5, 5.41) is 7.22. The van der Waals surface area contributed by atoms with Crippen LogP contribution < -0.4 is 4.74 Å². The Labute approximate surface area is 182 Å². The van der Waals surface area contributed by atoms with E-state index in [1.807, 2.05) is 61.3 Å². The average molecular weight is 427 g/mol. The van der Waals surface area contributed by atoms with Crippen LogP contribution in [0.3, 0.4) is 0 Å². The first-order chi connectivity index (χ1) is 14.5. The molecule has 1 amide bonds. The molecule has 1 aliphatic heterocycles. The van der Waals surface area contributed by atoms with Crippen molar-refractivity contribution in [1.82, 2.24) is 19.6 Å². The van der Waals surface area contributed by atoms with Crippen LogP contribution in [0.4, 0.5) is 0 Å². The van der Waals surface area contributed by atoms with Gasteiger partial charge >= 0.3 is 0 Å². The molecule has 0 unspecified atom stereocenters. The van der Waals surface area contributed by atoms with Crippen molar-refractivity contribution in [1.29, 1.82) is 0 Å². The number of carbonyl (C=O) groups is 1. The van der Waals surface area contributed by atoms with Crippen LogP contribution >= 0.6 is 11.6 Å². The molecule has 1 aliphatic rings. The molecule has 1 saturated heterocycles. The lowest BCUT2D eigenvalue weighted by molar-refractivity contribution is -0.133. The van der Waals surface area contributed by atoms with Gasteiger partial charge in [-0.25, -0.2) is 0 Å². The highest BCUT2D eigenvalue weighted by Crippen LogP contribution is 2.25. The van der Waals surface area contributed by atoms with Crippen molar-refractivity contribution in [3.8, 4) is 5.75 Å². The topological polar surface area (TPSA) is 50.6 Å². The lowest BCUT2D eigenvalue weighted by Crippen LogP contribution is -2.38. The summed E-state index contributed by atoms with van der Waals surface area (Å²) in [6.45, 7) is 5.97. The minimum Gasteiger partial charge on any atom is -0.483 e. The molecule has 0 radical (unpaired) electrons. The Morgan fingerprint density at radius 3 is 2.70 bits per heavy atom. The van der Waals surface area contributed by atoms with Crippen LogP contribution in [0.15, 0.2) is 42.5 Å². The van der Waals surface area contributed by atoms with E-state index in [2.05, 4.69) is 10.00 Å². The Morgan fingerprint density at radius 1 is 1.10 bits per heavy atom. The summed E-state index contributed by atoms with van der Waals surface area (Å²) >= 11 is 6.39. The van der Waals surface area contributed by atoms with Gasteiger partial charge in [-0.1, -0.05) is 48.0 Å². The molecule has 7 heteroatoms. The minimum absolute atomic E-state index is 0.0281. The number of benzene rings is 2. The molecule has 2 aromatic carbocycles. The number of ether oxygens (including phenoxy) is 1. The third-order valence-electron chi connectivity index (χ3n) is 5.69. The van der Waals surface area contributed by atoms with Gasteiger partial charge in [0.1, 0.15) is 10.9 Å². The second kappa shape index (κ2) is 9.06. The maximum absolute atomic E-state index is 12.8. The summed E-state index contributed by atoms with van der Waals surface area (Å²) in [7, 11) is 1.86. The Morgan fingerprint density at radius 2 is 1.90 bits per heavy atom. The van der Waals surface area contributed by atoms with Crippen LogP contribution in [0.5, 0.6) is 5.75 Å². The number of aryl methyl sites for hydroxylation is 2. The average Bonchev–Trinajstić information content (AvgIpc) is 2.92. The number of hydrogen-bond acceptors (Lipinski definition) is 4. The van der Waals surface area contributed by atoms with Crippen LogP contribution in [0, 0.1) is 6.92 Å². The summed E-state index contributed by atoms with van der Waals surface area (Å²) in [5.41, 5.74) is 2.03. The van der Waals surface area contributed by atoms with E-state index in [9.17, 15) is 4.79 Å². The van der Waals surface area contributed by atoms with Crippen molar-refractivity contribution < 1.29 is 9.53 Å². The van der Waals surface area contributed by atoms with Crippen LogP contribution in [0.25, 0.3) is 10.8 Å². The molecule has 2 heterocycles. The Balaban J connectivity index is 1.34. The van der Waals surface area contributed by atoms with Crippen molar-refractivity contribution >= 4 is 28.3 Å². The fourth-order valence-electron chi connectivity index (χ4n) is 4.01. The van der Waals surface area contributed by atoms with Crippen LogP contribution in [-0.2, 0) is 18.4 Å². The lowest BCUT2D eigenvalue weighted by atomic mass is 10.1. The number of aromatic nitrogens is 2. The molecule has 158 valence electrons. The molecule has 0 atom stereocenters. The summed E-state index contributed by atoms with van der Waals surface area (Å²) in [5.74, 6) is 0.778. The number of halogens is 1. The van der Waals surface area contributed by atoms with E-state index in [1.165, 1.54) is 0 Å². The number of hydrogen-bond donors (Lipinski definition) is 0. The first-order valence-electron chi connectivity index (χ1n) is 10.3. The van der Waals surface area contributed by atoms with Gasteiger partial charge in [-0.05, 0) is 24.8 Å². The maximum Gasteiger partial charge on any atom is 0.260 e. The van der Waals surface area contributed by atoms with Gasteiger partial charge in [0.2, 0.25) is 0 Å².